The zero-order valence-corrected chi connectivity index (χ0v) is 18.5. The number of rotatable bonds is 8. The summed E-state index contributed by atoms with van der Waals surface area (Å²) in [4.78, 5) is 20.2. The van der Waals surface area contributed by atoms with Gasteiger partial charge in [-0.25, -0.2) is 0 Å². The van der Waals surface area contributed by atoms with Crippen molar-refractivity contribution in [1.29, 1.82) is 0 Å². The van der Waals surface area contributed by atoms with Gasteiger partial charge in [-0.1, -0.05) is 0 Å². The number of likely N-dealkylation sites (tertiary alicyclic amines) is 1. The van der Waals surface area contributed by atoms with Crippen LogP contribution in [0.15, 0.2) is 0 Å². The first-order valence-corrected chi connectivity index (χ1v) is 12.2. The van der Waals surface area contributed by atoms with Gasteiger partial charge < -0.3 is 15.0 Å². The first kappa shape index (κ1) is 21.5. The molecule has 0 aromatic rings. The topological polar surface area (TPSA) is 48.0 Å². The first-order chi connectivity index (χ1) is 14.2. The van der Waals surface area contributed by atoms with Gasteiger partial charge in [-0.2, -0.15) is 0 Å². The van der Waals surface area contributed by atoms with Crippen molar-refractivity contribution in [2.45, 2.75) is 63.5 Å². The highest BCUT2D eigenvalue weighted by molar-refractivity contribution is 5.75. The van der Waals surface area contributed by atoms with Crippen molar-refractivity contribution < 1.29 is 9.53 Å². The largest absolute Gasteiger partial charge is 0.379 e. The first-order valence-electron chi connectivity index (χ1n) is 12.2. The molecule has 6 heteroatoms. The fraction of sp³-hybridized carbons (Fsp3) is 0.957. The summed E-state index contributed by atoms with van der Waals surface area (Å²) in [6.07, 6.45) is 9.49. The molecule has 0 aromatic carbocycles. The second kappa shape index (κ2) is 10.6. The summed E-state index contributed by atoms with van der Waals surface area (Å²) in [5, 5.41) is 3.14. The van der Waals surface area contributed by atoms with Crippen molar-refractivity contribution in [3.8, 4) is 0 Å². The molecule has 4 heterocycles. The molecule has 0 saturated carbocycles. The van der Waals surface area contributed by atoms with Crippen LogP contribution in [-0.2, 0) is 9.53 Å². The van der Waals surface area contributed by atoms with Crippen LogP contribution >= 0.6 is 0 Å². The van der Waals surface area contributed by atoms with Crippen molar-refractivity contribution in [3.05, 3.63) is 0 Å². The quantitative estimate of drug-likeness (QED) is 0.623. The molecule has 0 spiro atoms. The van der Waals surface area contributed by atoms with E-state index in [4.69, 9.17) is 4.74 Å². The molecule has 0 bridgehead atoms. The second-order valence-corrected chi connectivity index (χ2v) is 9.79. The van der Waals surface area contributed by atoms with Crippen LogP contribution in [0.5, 0.6) is 0 Å². The van der Waals surface area contributed by atoms with Gasteiger partial charge in [-0.15, -0.1) is 0 Å². The van der Waals surface area contributed by atoms with E-state index in [1.165, 1.54) is 51.7 Å². The molecule has 4 saturated heterocycles. The van der Waals surface area contributed by atoms with E-state index in [-0.39, 0.29) is 5.91 Å². The Bertz CT molecular complexity index is 523. The van der Waals surface area contributed by atoms with Gasteiger partial charge in [0, 0.05) is 44.7 Å². The second-order valence-electron chi connectivity index (χ2n) is 9.79. The van der Waals surface area contributed by atoms with Crippen molar-refractivity contribution in [3.63, 3.8) is 0 Å². The van der Waals surface area contributed by atoms with Crippen LogP contribution in [0, 0.1) is 11.8 Å². The van der Waals surface area contributed by atoms with Gasteiger partial charge in [-0.05, 0) is 83.5 Å². The van der Waals surface area contributed by atoms with Gasteiger partial charge in [0.2, 0.25) is 5.91 Å². The van der Waals surface area contributed by atoms with E-state index in [2.05, 4.69) is 27.1 Å². The highest BCUT2D eigenvalue weighted by Crippen LogP contribution is 2.42. The molecule has 4 aliphatic rings. The molecule has 166 valence electrons. The van der Waals surface area contributed by atoms with E-state index in [0.717, 1.165) is 70.1 Å². The molecule has 1 amide bonds. The molecule has 0 aromatic heterocycles. The van der Waals surface area contributed by atoms with Crippen LogP contribution < -0.4 is 5.32 Å². The summed E-state index contributed by atoms with van der Waals surface area (Å²) < 4.78 is 5.38. The lowest BCUT2D eigenvalue weighted by Gasteiger charge is -2.57. The molecular formula is C23H42N4O2. The van der Waals surface area contributed by atoms with E-state index >= 15 is 0 Å². The van der Waals surface area contributed by atoms with Gasteiger partial charge in [0.1, 0.15) is 0 Å². The summed E-state index contributed by atoms with van der Waals surface area (Å²) in [6.45, 7) is 9.54. The third-order valence-corrected chi connectivity index (χ3v) is 7.91. The number of hydrogen-bond acceptors (Lipinski definition) is 5. The molecule has 4 aliphatic heterocycles. The third-order valence-electron chi connectivity index (χ3n) is 7.91. The smallest absolute Gasteiger partial charge is 0.219 e. The minimum absolute atomic E-state index is 0.242. The van der Waals surface area contributed by atoms with Crippen LogP contribution in [0.4, 0.5) is 0 Å². The maximum atomic E-state index is 12.3. The van der Waals surface area contributed by atoms with Gasteiger partial charge in [-0.3, -0.25) is 14.6 Å². The van der Waals surface area contributed by atoms with E-state index in [1.54, 1.807) is 0 Å². The fourth-order valence-electron chi connectivity index (χ4n) is 6.56. The van der Waals surface area contributed by atoms with E-state index in [0.29, 0.717) is 12.5 Å². The standard InChI is InChI=1S/C23H42N4O2/c1-25-18-19-6-3-12-27-13-4-7-20(23(19)27)21(25)8-2-9-22(28)24-10-5-11-26-14-16-29-17-15-26/h19-21,23H,2-18H2,1H3,(H,24,28)/t19-,20+,21+,23-/m0/s1. The van der Waals surface area contributed by atoms with Gasteiger partial charge in [0.15, 0.2) is 0 Å². The number of amides is 1. The molecule has 6 nitrogen and oxygen atoms in total. The third kappa shape index (κ3) is 5.52. The number of nitrogens with zero attached hydrogens (tertiary/aromatic N) is 3. The lowest BCUT2D eigenvalue weighted by molar-refractivity contribution is -0.121. The van der Waals surface area contributed by atoms with Gasteiger partial charge >= 0.3 is 0 Å². The Morgan fingerprint density at radius 3 is 2.69 bits per heavy atom. The normalized spacial score (nSPS) is 34.0. The number of morpholine rings is 1. The van der Waals surface area contributed by atoms with Crippen LogP contribution in [0.2, 0.25) is 0 Å². The molecule has 0 aliphatic carbocycles. The van der Waals surface area contributed by atoms with E-state index in [1.807, 2.05) is 0 Å². The van der Waals surface area contributed by atoms with Crippen molar-refractivity contribution in [2.24, 2.45) is 11.8 Å². The lowest BCUT2D eigenvalue weighted by Crippen LogP contribution is -2.63. The lowest BCUT2D eigenvalue weighted by atomic mass is 9.69. The number of hydrogen-bond donors (Lipinski definition) is 1. The zero-order chi connectivity index (χ0) is 20.1. The van der Waals surface area contributed by atoms with Gasteiger partial charge in [0.05, 0.1) is 13.2 Å². The average Bonchev–Trinajstić information content (AvgIpc) is 2.74. The molecule has 4 fully saturated rings. The number of piperidine rings is 3. The molecule has 0 radical (unpaired) electrons. The minimum Gasteiger partial charge on any atom is -0.379 e. The SMILES string of the molecule is CN1C[C@@H]2CCCN3CCC[C@@H]([C@H]23)[C@H]1CCCC(=O)NCCCN1CCOCC1. The van der Waals surface area contributed by atoms with Crippen LogP contribution in [0.1, 0.15) is 51.4 Å². The Kier molecular flexibility index (Phi) is 7.84. The Morgan fingerprint density at radius 2 is 1.86 bits per heavy atom. The number of carbonyl (C=O) groups is 1. The highest BCUT2D eigenvalue weighted by atomic mass is 16.5. The summed E-state index contributed by atoms with van der Waals surface area (Å²) >= 11 is 0. The minimum atomic E-state index is 0.242. The monoisotopic (exact) mass is 406 g/mol. The van der Waals surface area contributed by atoms with E-state index < -0.39 is 0 Å². The molecule has 0 unspecified atom stereocenters. The Hall–Kier alpha value is -0.690. The Morgan fingerprint density at radius 1 is 1.07 bits per heavy atom. The zero-order valence-electron chi connectivity index (χ0n) is 18.5. The predicted molar refractivity (Wildman–Crippen MR) is 116 cm³/mol. The number of carbonyl (C=O) groups excluding carboxylic acids is 1. The van der Waals surface area contributed by atoms with Crippen LogP contribution in [-0.4, -0.2) is 98.8 Å². The molecule has 4 atom stereocenters. The summed E-state index contributed by atoms with van der Waals surface area (Å²) in [5.41, 5.74) is 0. The highest BCUT2D eigenvalue weighted by Gasteiger charge is 2.47. The van der Waals surface area contributed by atoms with Crippen molar-refractivity contribution in [1.82, 2.24) is 20.0 Å². The van der Waals surface area contributed by atoms with Crippen LogP contribution in [0.25, 0.3) is 0 Å². The van der Waals surface area contributed by atoms with Crippen LogP contribution in [0.3, 0.4) is 0 Å². The molecule has 1 N–H and O–H groups in total. The molecular weight excluding hydrogens is 364 g/mol. The Balaban J connectivity index is 1.15. The number of nitrogens with one attached hydrogen (secondary N) is 1. The average molecular weight is 407 g/mol. The van der Waals surface area contributed by atoms with Gasteiger partial charge in [0.25, 0.3) is 0 Å². The number of ether oxygens (including phenoxy) is 1. The summed E-state index contributed by atoms with van der Waals surface area (Å²) in [7, 11) is 2.33. The summed E-state index contributed by atoms with van der Waals surface area (Å²) in [5.74, 6) is 1.95. The van der Waals surface area contributed by atoms with Crippen molar-refractivity contribution >= 4 is 5.91 Å². The summed E-state index contributed by atoms with van der Waals surface area (Å²) in [6, 6.07) is 1.50. The molecule has 4 rings (SSSR count). The predicted octanol–water partition coefficient (Wildman–Crippen LogP) is 1.80. The Labute approximate surface area is 177 Å². The molecule has 29 heavy (non-hydrogen) atoms. The van der Waals surface area contributed by atoms with Crippen molar-refractivity contribution in [2.75, 3.05) is 66.1 Å². The van der Waals surface area contributed by atoms with E-state index in [9.17, 15) is 4.79 Å². The maximum Gasteiger partial charge on any atom is 0.219 e. The maximum absolute atomic E-state index is 12.3. The fourth-order valence-corrected chi connectivity index (χ4v) is 6.56.